The summed E-state index contributed by atoms with van der Waals surface area (Å²) >= 11 is 0. The molecule has 1 aliphatic heterocycles. The molecule has 0 aromatic heterocycles. The van der Waals surface area contributed by atoms with E-state index in [0.717, 1.165) is 15.9 Å². The van der Waals surface area contributed by atoms with E-state index < -0.39 is 45.3 Å². The second-order valence-electron chi connectivity index (χ2n) is 14.9. The van der Waals surface area contributed by atoms with Gasteiger partial charge in [0, 0.05) is 24.6 Å². The molecular formula is C43H49N2O7PSi. The van der Waals surface area contributed by atoms with Crippen LogP contribution in [0.15, 0.2) is 128 Å². The number of carboxylic acid groups (broad SMARTS) is 1. The van der Waals surface area contributed by atoms with Crippen LogP contribution in [0.25, 0.3) is 0 Å². The van der Waals surface area contributed by atoms with Crippen molar-refractivity contribution in [3.05, 3.63) is 133 Å². The molecule has 0 bridgehead atoms. The molecule has 282 valence electrons. The maximum atomic E-state index is 14.8. The number of hydrogen-bond acceptors (Lipinski definition) is 6. The number of hydrogen-bond donors (Lipinski definition) is 2. The first kappa shape index (κ1) is 40.2. The number of rotatable bonds is 14. The lowest BCUT2D eigenvalue weighted by Crippen LogP contribution is -2.69. The van der Waals surface area contributed by atoms with E-state index in [2.05, 4.69) is 45.8 Å². The summed E-state index contributed by atoms with van der Waals surface area (Å²) in [5, 5.41) is 16.2. The number of carboxylic acids is 1. The van der Waals surface area contributed by atoms with Crippen LogP contribution in [-0.2, 0) is 18.8 Å². The first-order valence-corrected chi connectivity index (χ1v) is 22.7. The fraction of sp³-hybridized carbons (Fsp3) is 0.279. The van der Waals surface area contributed by atoms with E-state index in [1.165, 1.54) is 11.0 Å². The third-order valence-electron chi connectivity index (χ3n) is 10.4. The second-order valence-corrected chi connectivity index (χ2v) is 23.0. The minimum absolute atomic E-state index is 0.0511. The lowest BCUT2D eigenvalue weighted by atomic mass is 9.79. The van der Waals surface area contributed by atoms with Gasteiger partial charge in [0.05, 0.1) is 18.1 Å². The maximum absolute atomic E-state index is 14.8. The van der Waals surface area contributed by atoms with Gasteiger partial charge in [-0.15, -0.1) is 0 Å². The summed E-state index contributed by atoms with van der Waals surface area (Å²) in [5.41, 5.74) is 0.727. The zero-order chi connectivity index (χ0) is 39.3. The molecule has 0 spiro atoms. The Labute approximate surface area is 319 Å². The number of ether oxygens (including phenoxy) is 1. The van der Waals surface area contributed by atoms with Crippen LogP contribution in [0.2, 0.25) is 18.1 Å². The number of nitrogens with zero attached hydrogens (tertiary/aromatic N) is 1. The minimum atomic E-state index is -3.26. The Balaban J connectivity index is 1.69. The van der Waals surface area contributed by atoms with Crippen LogP contribution in [0.5, 0.6) is 0 Å². The summed E-state index contributed by atoms with van der Waals surface area (Å²) in [5.74, 6) is -2.68. The minimum Gasteiger partial charge on any atom is -0.477 e. The SMILES string of the molecule is C=CCOC(=O)Nc1ccc(C(=O)C[C@@H]2[C@@H]([C@@H](C)O[Si](C)(C)C(C)(C)C)C(=O)N2C(C(=O)O)=P(c2ccccc2)(c2ccccc2)c2ccccc2)cc1. The van der Waals surface area contributed by atoms with Gasteiger partial charge in [0.1, 0.15) is 12.0 Å². The molecule has 2 N–H and O–H groups in total. The van der Waals surface area contributed by atoms with Crippen molar-refractivity contribution in [1.82, 2.24) is 4.90 Å². The average molecular weight is 765 g/mol. The molecular weight excluding hydrogens is 716 g/mol. The summed E-state index contributed by atoms with van der Waals surface area (Å²) in [7, 11) is -2.39. The van der Waals surface area contributed by atoms with Gasteiger partial charge >= 0.3 is 12.1 Å². The number of likely N-dealkylation sites (tertiary alicyclic amines) is 1. The molecule has 2 amide bonds. The van der Waals surface area contributed by atoms with Crippen molar-refractivity contribution >= 4 is 66.0 Å². The number of ketones is 1. The quantitative estimate of drug-likeness (QED) is 0.0450. The van der Waals surface area contributed by atoms with Crippen LogP contribution >= 0.6 is 6.89 Å². The van der Waals surface area contributed by atoms with Crippen LogP contribution in [0.3, 0.4) is 0 Å². The van der Waals surface area contributed by atoms with E-state index >= 15 is 0 Å². The zero-order valence-electron chi connectivity index (χ0n) is 31.7. The van der Waals surface area contributed by atoms with Gasteiger partial charge in [0.15, 0.2) is 14.1 Å². The smallest absolute Gasteiger partial charge is 0.411 e. The van der Waals surface area contributed by atoms with Crippen molar-refractivity contribution < 1.29 is 33.4 Å². The van der Waals surface area contributed by atoms with E-state index in [9.17, 15) is 24.3 Å². The maximum Gasteiger partial charge on any atom is 0.411 e. The van der Waals surface area contributed by atoms with Gasteiger partial charge in [-0.1, -0.05) is 124 Å². The normalized spacial score (nSPS) is 16.5. The van der Waals surface area contributed by atoms with Gasteiger partial charge in [0.25, 0.3) is 0 Å². The Morgan fingerprint density at radius 2 is 1.35 bits per heavy atom. The number of Topliss-reactive ketones (excluding diaryl/α,β-unsaturated/α-hetero) is 1. The molecule has 11 heteroatoms. The van der Waals surface area contributed by atoms with Crippen molar-refractivity contribution in [2.24, 2.45) is 5.92 Å². The van der Waals surface area contributed by atoms with Crippen molar-refractivity contribution in [3.63, 3.8) is 0 Å². The van der Waals surface area contributed by atoms with Crippen molar-refractivity contribution in [2.75, 3.05) is 11.9 Å². The van der Waals surface area contributed by atoms with Crippen LogP contribution in [0, 0.1) is 5.92 Å². The molecule has 5 rings (SSSR count). The van der Waals surface area contributed by atoms with Gasteiger partial charge in [-0.3, -0.25) is 14.9 Å². The van der Waals surface area contributed by atoms with Crippen molar-refractivity contribution in [3.8, 4) is 0 Å². The summed E-state index contributed by atoms with van der Waals surface area (Å²) in [6.45, 7) is 12.8. The highest BCUT2D eigenvalue weighted by Gasteiger charge is 2.57. The van der Waals surface area contributed by atoms with Gasteiger partial charge < -0.3 is 19.2 Å². The molecule has 0 saturated carbocycles. The number of carbonyl (C=O) groups is 4. The predicted octanol–water partition coefficient (Wildman–Crippen LogP) is 7.44. The van der Waals surface area contributed by atoms with Crippen LogP contribution in [-0.4, -0.2) is 66.2 Å². The molecule has 4 aromatic rings. The lowest BCUT2D eigenvalue weighted by Gasteiger charge is -2.52. The molecule has 0 unspecified atom stereocenters. The number of aliphatic carboxylic acids is 1. The zero-order valence-corrected chi connectivity index (χ0v) is 33.6. The third kappa shape index (κ3) is 8.06. The predicted molar refractivity (Wildman–Crippen MR) is 220 cm³/mol. The Morgan fingerprint density at radius 3 is 1.78 bits per heavy atom. The Morgan fingerprint density at radius 1 is 0.870 bits per heavy atom. The summed E-state index contributed by atoms with van der Waals surface area (Å²) in [6.07, 6.45) is 0.0638. The van der Waals surface area contributed by atoms with Gasteiger partial charge in [-0.25, -0.2) is 9.59 Å². The average Bonchev–Trinajstić information content (AvgIpc) is 3.14. The van der Waals surface area contributed by atoms with E-state index in [-0.39, 0.29) is 35.2 Å². The molecule has 4 aromatic carbocycles. The standard InChI is InChI=1S/C43H49N2O7PSi/c1-8-28-51-42(50)44-32-26-24-31(25-27-32)37(46)29-36-38(30(2)52-54(6,7)43(3,4)5)39(47)45(36)40(41(48)49)53(33-18-12-9-13-19-33,34-20-14-10-15-21-34)35-22-16-11-17-23-35/h8-27,30,36,38H,1,28-29H2,2-7H3,(H,44,50)(H,48,49)/t30-,36-,38-/m1/s1. The highest BCUT2D eigenvalue weighted by molar-refractivity contribution is 7.96. The Hall–Kier alpha value is -5.02. The van der Waals surface area contributed by atoms with E-state index in [1.807, 2.05) is 97.9 Å². The monoisotopic (exact) mass is 764 g/mol. The van der Waals surface area contributed by atoms with Crippen LogP contribution in [0.4, 0.5) is 10.5 Å². The first-order valence-electron chi connectivity index (χ1n) is 18.0. The first-order chi connectivity index (χ1) is 25.6. The lowest BCUT2D eigenvalue weighted by molar-refractivity contribution is -0.155. The van der Waals surface area contributed by atoms with E-state index in [0.29, 0.717) is 11.3 Å². The summed E-state index contributed by atoms with van der Waals surface area (Å²) in [4.78, 5) is 56.5. The number of nitrogens with one attached hydrogen (secondary N) is 1. The molecule has 1 saturated heterocycles. The van der Waals surface area contributed by atoms with Crippen LogP contribution in [0.1, 0.15) is 44.5 Å². The molecule has 54 heavy (non-hydrogen) atoms. The largest absolute Gasteiger partial charge is 0.477 e. The van der Waals surface area contributed by atoms with Gasteiger partial charge in [-0.05, 0) is 65.2 Å². The fourth-order valence-corrected chi connectivity index (χ4v) is 12.6. The van der Waals surface area contributed by atoms with Gasteiger partial charge in [0.2, 0.25) is 5.91 Å². The summed E-state index contributed by atoms with van der Waals surface area (Å²) < 4.78 is 11.8. The van der Waals surface area contributed by atoms with Crippen molar-refractivity contribution in [2.45, 2.75) is 64.4 Å². The molecule has 1 aliphatic rings. The molecule has 0 radical (unpaired) electrons. The second kappa shape index (κ2) is 16.6. The number of β-lactam (4-membered cyclic amide) rings is 1. The molecule has 1 heterocycles. The fourth-order valence-electron chi connectivity index (χ4n) is 6.79. The number of carbonyl (C=O) groups excluding carboxylic acids is 3. The van der Waals surface area contributed by atoms with Gasteiger partial charge in [-0.2, -0.15) is 0 Å². The topological polar surface area (TPSA) is 122 Å². The van der Waals surface area contributed by atoms with E-state index in [4.69, 9.17) is 9.16 Å². The van der Waals surface area contributed by atoms with Crippen molar-refractivity contribution in [1.29, 1.82) is 0 Å². The molecule has 1 fully saturated rings. The number of anilines is 1. The highest BCUT2D eigenvalue weighted by Crippen LogP contribution is 2.50. The summed E-state index contributed by atoms with van der Waals surface area (Å²) in [6, 6.07) is 34.0. The number of benzene rings is 4. The van der Waals surface area contributed by atoms with E-state index in [1.54, 1.807) is 24.3 Å². The highest BCUT2D eigenvalue weighted by atomic mass is 31.2. The Bertz CT molecular complexity index is 1940. The third-order valence-corrected chi connectivity index (χ3v) is 19.2. The van der Waals surface area contributed by atoms with Crippen LogP contribution < -0.4 is 21.2 Å². The molecule has 0 aliphatic carbocycles. The Kier molecular flexibility index (Phi) is 12.3. The number of amides is 2. The molecule has 9 nitrogen and oxygen atoms in total. The molecule has 3 atom stereocenters.